The van der Waals surface area contributed by atoms with Gasteiger partial charge in [0.25, 0.3) is 0 Å². The molecule has 0 N–H and O–H groups in total. The molecule has 0 radical (unpaired) electrons. The van der Waals surface area contributed by atoms with E-state index in [1.54, 1.807) is 0 Å². The van der Waals surface area contributed by atoms with Crippen LogP contribution in [0.2, 0.25) is 0 Å². The van der Waals surface area contributed by atoms with Gasteiger partial charge in [-0.1, -0.05) is 159 Å². The van der Waals surface area contributed by atoms with Crippen molar-refractivity contribution >= 4 is 70.1 Å². The number of thiophene rings is 1. The molecule has 11 rings (SSSR count). The minimum absolute atomic E-state index is 0.164. The van der Waals surface area contributed by atoms with Crippen LogP contribution in [0.25, 0.3) is 75.1 Å². The second-order valence-electron chi connectivity index (χ2n) is 15.3. The first kappa shape index (κ1) is 32.0. The van der Waals surface area contributed by atoms with Crippen molar-refractivity contribution in [1.82, 2.24) is 0 Å². The van der Waals surface area contributed by atoms with E-state index in [2.05, 4.69) is 207 Å². The third-order valence-corrected chi connectivity index (χ3v) is 13.0. The summed E-state index contributed by atoms with van der Waals surface area (Å²) in [6.07, 6.45) is 0. The first-order chi connectivity index (χ1) is 27.0. The number of rotatable bonds is 5. The van der Waals surface area contributed by atoms with Gasteiger partial charge in [-0.2, -0.15) is 0 Å². The summed E-state index contributed by atoms with van der Waals surface area (Å²) in [5, 5.41) is 7.75. The predicted molar refractivity (Wildman–Crippen MR) is 237 cm³/mol. The van der Waals surface area contributed by atoms with E-state index in [4.69, 9.17) is 0 Å². The first-order valence-electron chi connectivity index (χ1n) is 19.1. The van der Waals surface area contributed by atoms with E-state index < -0.39 is 0 Å². The van der Waals surface area contributed by atoms with Crippen LogP contribution in [0.4, 0.5) is 17.1 Å². The molecular formula is C53H37NS. The Kier molecular flexibility index (Phi) is 7.14. The largest absolute Gasteiger partial charge is 0.310 e. The normalized spacial score (nSPS) is 13.1. The summed E-state index contributed by atoms with van der Waals surface area (Å²) in [5.74, 6) is 0. The van der Waals surface area contributed by atoms with Crippen LogP contribution >= 0.6 is 11.3 Å². The molecule has 1 aliphatic carbocycles. The molecule has 260 valence electrons. The van der Waals surface area contributed by atoms with E-state index in [1.807, 2.05) is 11.3 Å². The Bertz CT molecular complexity index is 3110. The molecule has 1 heterocycles. The molecule has 2 heteroatoms. The SMILES string of the molecule is CC1(C)c2cc(N(c3ccc(-c4cccc5cccc(-c6ccccc6)c45)cc3)c3cccc4sc5ccccc5c34)ccc2-c2ccc3ccccc3c21. The van der Waals surface area contributed by atoms with E-state index in [0.29, 0.717) is 0 Å². The maximum absolute atomic E-state index is 2.49. The average molecular weight is 720 g/mol. The predicted octanol–water partition coefficient (Wildman–Crippen LogP) is 15.5. The van der Waals surface area contributed by atoms with Gasteiger partial charge in [0.05, 0.1) is 5.69 Å². The van der Waals surface area contributed by atoms with E-state index in [9.17, 15) is 0 Å². The Morgan fingerprint density at radius 2 is 1.04 bits per heavy atom. The lowest BCUT2D eigenvalue weighted by molar-refractivity contribution is 0.666. The molecule has 0 saturated heterocycles. The fourth-order valence-electron chi connectivity index (χ4n) is 9.33. The van der Waals surface area contributed by atoms with Crippen molar-refractivity contribution in [2.75, 3.05) is 4.90 Å². The van der Waals surface area contributed by atoms with E-state index in [0.717, 1.165) is 11.4 Å². The molecule has 0 fully saturated rings. The zero-order valence-corrected chi connectivity index (χ0v) is 31.6. The summed E-state index contributed by atoms with van der Waals surface area (Å²) in [4.78, 5) is 2.49. The van der Waals surface area contributed by atoms with Gasteiger partial charge in [-0.25, -0.2) is 0 Å². The minimum atomic E-state index is -0.164. The summed E-state index contributed by atoms with van der Waals surface area (Å²) in [6.45, 7) is 4.79. The van der Waals surface area contributed by atoms with Crippen LogP contribution < -0.4 is 4.90 Å². The van der Waals surface area contributed by atoms with E-state index in [1.165, 1.54) is 91.9 Å². The molecule has 1 nitrogen and oxygen atoms in total. The van der Waals surface area contributed by atoms with Crippen LogP contribution in [0.1, 0.15) is 25.0 Å². The summed E-state index contributed by atoms with van der Waals surface area (Å²) in [6, 6.07) is 69.5. The average Bonchev–Trinajstić information content (AvgIpc) is 3.73. The minimum Gasteiger partial charge on any atom is -0.310 e. The molecule has 10 aromatic rings. The molecule has 0 aliphatic heterocycles. The van der Waals surface area contributed by atoms with Gasteiger partial charge >= 0.3 is 0 Å². The van der Waals surface area contributed by atoms with Gasteiger partial charge in [0.2, 0.25) is 0 Å². The highest BCUT2D eigenvalue weighted by molar-refractivity contribution is 7.26. The Morgan fingerprint density at radius 3 is 1.84 bits per heavy atom. The lowest BCUT2D eigenvalue weighted by Gasteiger charge is -2.29. The number of hydrogen-bond donors (Lipinski definition) is 0. The number of fused-ring (bicyclic) bond motifs is 9. The molecule has 0 spiro atoms. The van der Waals surface area contributed by atoms with Crippen molar-refractivity contribution in [3.63, 3.8) is 0 Å². The van der Waals surface area contributed by atoms with Gasteiger partial charge in [0, 0.05) is 37.0 Å². The van der Waals surface area contributed by atoms with Crippen LogP contribution in [0.3, 0.4) is 0 Å². The topological polar surface area (TPSA) is 3.24 Å². The monoisotopic (exact) mass is 719 g/mol. The van der Waals surface area contributed by atoms with Crippen molar-refractivity contribution in [2.45, 2.75) is 19.3 Å². The molecule has 9 aromatic carbocycles. The highest BCUT2D eigenvalue weighted by atomic mass is 32.1. The second-order valence-corrected chi connectivity index (χ2v) is 16.4. The number of anilines is 3. The molecule has 1 aromatic heterocycles. The molecule has 55 heavy (non-hydrogen) atoms. The fourth-order valence-corrected chi connectivity index (χ4v) is 10.5. The summed E-state index contributed by atoms with van der Waals surface area (Å²) < 4.78 is 2.60. The standard InChI is InChI=1S/C53H37NS/c1-53(2)46-33-39(30-32-43(46)44-31-27-35-15-6-7-18-42(35)52(44)53)54(47-22-12-24-49-51(47)45-19-8-9-23-48(45)55-49)38-28-25-36(26-29-38)41-21-11-17-37-16-10-20-40(50(37)41)34-13-4-3-5-14-34/h3-33H,1-2H3. The number of hydrogen-bond acceptors (Lipinski definition) is 2. The Hall–Kier alpha value is -6.48. The van der Waals surface area contributed by atoms with Crippen LogP contribution in [0, 0.1) is 0 Å². The van der Waals surface area contributed by atoms with Crippen LogP contribution in [-0.4, -0.2) is 0 Å². The van der Waals surface area contributed by atoms with E-state index >= 15 is 0 Å². The number of nitrogens with zero attached hydrogens (tertiary/aromatic N) is 1. The molecule has 0 atom stereocenters. The van der Waals surface area contributed by atoms with Crippen molar-refractivity contribution < 1.29 is 0 Å². The molecule has 0 unspecified atom stereocenters. The smallest absolute Gasteiger partial charge is 0.0554 e. The number of benzene rings is 9. The third-order valence-electron chi connectivity index (χ3n) is 11.8. The van der Waals surface area contributed by atoms with Gasteiger partial charge in [0.15, 0.2) is 0 Å². The van der Waals surface area contributed by atoms with Gasteiger partial charge in [0.1, 0.15) is 0 Å². The van der Waals surface area contributed by atoms with Crippen LogP contribution in [0.15, 0.2) is 188 Å². The van der Waals surface area contributed by atoms with Crippen molar-refractivity contribution in [3.8, 4) is 33.4 Å². The zero-order valence-electron chi connectivity index (χ0n) is 30.8. The third kappa shape index (κ3) is 4.92. The quantitative estimate of drug-likeness (QED) is 0.171. The van der Waals surface area contributed by atoms with E-state index in [-0.39, 0.29) is 5.41 Å². The molecule has 0 saturated carbocycles. The van der Waals surface area contributed by atoms with Crippen LogP contribution in [-0.2, 0) is 5.41 Å². The second kappa shape index (κ2) is 12.3. The Morgan fingerprint density at radius 1 is 0.418 bits per heavy atom. The van der Waals surface area contributed by atoms with Gasteiger partial charge < -0.3 is 4.90 Å². The van der Waals surface area contributed by atoms with Gasteiger partial charge in [-0.05, 0) is 109 Å². The van der Waals surface area contributed by atoms with Crippen molar-refractivity contribution in [3.05, 3.63) is 199 Å². The maximum Gasteiger partial charge on any atom is 0.0554 e. The highest BCUT2D eigenvalue weighted by Crippen LogP contribution is 2.54. The molecule has 1 aliphatic rings. The maximum atomic E-state index is 2.49. The van der Waals surface area contributed by atoms with Gasteiger partial charge in [-0.15, -0.1) is 11.3 Å². The summed E-state index contributed by atoms with van der Waals surface area (Å²) in [7, 11) is 0. The highest BCUT2D eigenvalue weighted by Gasteiger charge is 2.37. The molecule has 0 bridgehead atoms. The van der Waals surface area contributed by atoms with Crippen LogP contribution in [0.5, 0.6) is 0 Å². The van der Waals surface area contributed by atoms with Crippen molar-refractivity contribution in [2.24, 2.45) is 0 Å². The lowest BCUT2D eigenvalue weighted by Crippen LogP contribution is -2.17. The zero-order chi connectivity index (χ0) is 36.7. The Balaban J connectivity index is 1.11. The van der Waals surface area contributed by atoms with Crippen molar-refractivity contribution in [1.29, 1.82) is 0 Å². The molecule has 0 amide bonds. The summed E-state index contributed by atoms with van der Waals surface area (Å²) >= 11 is 1.87. The Labute approximate surface area is 325 Å². The first-order valence-corrected chi connectivity index (χ1v) is 19.9. The lowest BCUT2D eigenvalue weighted by atomic mass is 9.80. The molecular weight excluding hydrogens is 683 g/mol. The summed E-state index contributed by atoms with van der Waals surface area (Å²) in [5.41, 5.74) is 13.7. The van der Waals surface area contributed by atoms with Gasteiger partial charge in [-0.3, -0.25) is 0 Å². The fraction of sp³-hybridized carbons (Fsp3) is 0.0566.